The molecule has 2 atom stereocenters. The Balaban J connectivity index is 1.36. The number of hydrogen-bond donors (Lipinski definition) is 1. The summed E-state index contributed by atoms with van der Waals surface area (Å²) in [5.74, 6) is -0.340. The van der Waals surface area contributed by atoms with Crippen molar-refractivity contribution in [2.45, 2.75) is 56.7 Å². The van der Waals surface area contributed by atoms with Gasteiger partial charge in [0.25, 0.3) is 0 Å². The largest absolute Gasteiger partial charge is 0.388 e. The molecule has 1 aromatic heterocycles. The van der Waals surface area contributed by atoms with Crippen LogP contribution >= 0.6 is 0 Å². The van der Waals surface area contributed by atoms with Crippen LogP contribution in [-0.2, 0) is 0 Å². The van der Waals surface area contributed by atoms with E-state index in [9.17, 15) is 14.3 Å². The molecule has 6 heteroatoms. The van der Waals surface area contributed by atoms with Crippen LogP contribution in [0.2, 0.25) is 0 Å². The van der Waals surface area contributed by atoms with Gasteiger partial charge in [-0.3, -0.25) is 19.6 Å². The predicted molar refractivity (Wildman–Crippen MR) is 118 cm³/mol. The molecule has 0 radical (unpaired) electrons. The summed E-state index contributed by atoms with van der Waals surface area (Å²) in [7, 11) is 0. The van der Waals surface area contributed by atoms with Crippen molar-refractivity contribution in [3.8, 4) is 0 Å². The third-order valence-corrected chi connectivity index (χ3v) is 6.96. The van der Waals surface area contributed by atoms with Crippen LogP contribution in [0, 0.1) is 5.82 Å². The van der Waals surface area contributed by atoms with Crippen LogP contribution in [0.15, 0.2) is 48.8 Å². The maximum absolute atomic E-state index is 13.2. The number of piperidine rings is 2. The summed E-state index contributed by atoms with van der Waals surface area (Å²) in [6, 6.07) is 9.88. The fraction of sp³-hybridized carbons (Fsp3) is 0.520. The Labute approximate surface area is 183 Å². The van der Waals surface area contributed by atoms with E-state index in [4.69, 9.17) is 0 Å². The molecule has 2 saturated heterocycles. The second-order valence-electron chi connectivity index (χ2n) is 9.08. The SMILES string of the molecule is C[C@H](C(=O)c1ccc(F)cc1)N1CCC(O)(CN2CCCC[C@H]2c2cccnc2)CC1. The summed E-state index contributed by atoms with van der Waals surface area (Å²) in [4.78, 5) is 21.6. The van der Waals surface area contributed by atoms with Crippen molar-refractivity contribution >= 4 is 5.78 Å². The summed E-state index contributed by atoms with van der Waals surface area (Å²) in [6.07, 6.45) is 8.48. The van der Waals surface area contributed by atoms with E-state index in [2.05, 4.69) is 20.9 Å². The van der Waals surface area contributed by atoms with Gasteiger partial charge in [-0.15, -0.1) is 0 Å². The standard InChI is InChI=1S/C25H32FN3O2/c1-19(24(30)20-7-9-22(26)10-8-20)28-15-11-25(31,12-16-28)18-29-14-3-2-6-23(29)21-5-4-13-27-17-21/h4-5,7-10,13,17,19,23,31H,2-3,6,11-12,14-16,18H2,1H3/t19-,23+/m1/s1. The van der Waals surface area contributed by atoms with Crippen LogP contribution in [0.4, 0.5) is 4.39 Å². The number of aliphatic hydroxyl groups is 1. The number of hydrogen-bond acceptors (Lipinski definition) is 5. The molecule has 2 aromatic rings. The Hall–Kier alpha value is -2.15. The fourth-order valence-corrected chi connectivity index (χ4v) is 5.02. The second kappa shape index (κ2) is 9.55. The average molecular weight is 426 g/mol. The molecule has 0 spiro atoms. The monoisotopic (exact) mass is 425 g/mol. The van der Waals surface area contributed by atoms with E-state index in [0.717, 1.165) is 19.4 Å². The Morgan fingerprint density at radius 1 is 1.19 bits per heavy atom. The molecule has 2 fully saturated rings. The molecule has 4 rings (SSSR count). The van der Waals surface area contributed by atoms with E-state index in [1.807, 2.05) is 19.2 Å². The third kappa shape index (κ3) is 5.20. The van der Waals surface area contributed by atoms with Crippen LogP contribution in [0.3, 0.4) is 0 Å². The Kier molecular flexibility index (Phi) is 6.80. The number of β-amino-alcohol motifs (C(OH)–C–C–N with tert-alkyl or cyclic N) is 1. The first-order chi connectivity index (χ1) is 15.0. The molecular formula is C25H32FN3O2. The van der Waals surface area contributed by atoms with E-state index >= 15 is 0 Å². The van der Waals surface area contributed by atoms with Gasteiger partial charge in [-0.25, -0.2) is 4.39 Å². The molecular weight excluding hydrogens is 393 g/mol. The molecule has 0 unspecified atom stereocenters. The van der Waals surface area contributed by atoms with Gasteiger partial charge in [0.2, 0.25) is 0 Å². The third-order valence-electron chi connectivity index (χ3n) is 6.96. The highest BCUT2D eigenvalue weighted by molar-refractivity contribution is 5.99. The first-order valence-corrected chi connectivity index (χ1v) is 11.4. The summed E-state index contributed by atoms with van der Waals surface area (Å²) in [6.45, 7) is 4.90. The van der Waals surface area contributed by atoms with Gasteiger partial charge in [0.05, 0.1) is 11.6 Å². The fourth-order valence-electron chi connectivity index (χ4n) is 5.02. The van der Waals surface area contributed by atoms with Crippen LogP contribution < -0.4 is 0 Å². The lowest BCUT2D eigenvalue weighted by Crippen LogP contribution is -2.54. The van der Waals surface area contributed by atoms with E-state index in [1.165, 1.54) is 24.1 Å². The maximum atomic E-state index is 13.2. The number of carbonyl (C=O) groups is 1. The quantitative estimate of drug-likeness (QED) is 0.713. The Morgan fingerprint density at radius 2 is 1.94 bits per heavy atom. The number of halogens is 1. The summed E-state index contributed by atoms with van der Waals surface area (Å²) < 4.78 is 13.2. The molecule has 0 amide bonds. The predicted octanol–water partition coefficient (Wildman–Crippen LogP) is 3.85. The summed E-state index contributed by atoms with van der Waals surface area (Å²) in [5, 5.41) is 11.4. The molecule has 2 aliphatic rings. The van der Waals surface area contributed by atoms with Crippen molar-refractivity contribution in [1.82, 2.24) is 14.8 Å². The van der Waals surface area contributed by atoms with Gasteiger partial charge in [-0.1, -0.05) is 12.5 Å². The number of rotatable bonds is 6. The smallest absolute Gasteiger partial charge is 0.179 e. The highest BCUT2D eigenvalue weighted by Crippen LogP contribution is 2.34. The zero-order valence-corrected chi connectivity index (χ0v) is 18.2. The van der Waals surface area contributed by atoms with Gasteiger partial charge in [-0.05, 0) is 75.0 Å². The molecule has 0 aliphatic carbocycles. The van der Waals surface area contributed by atoms with Crippen molar-refractivity contribution in [2.24, 2.45) is 0 Å². The number of aromatic nitrogens is 1. The Morgan fingerprint density at radius 3 is 2.61 bits per heavy atom. The van der Waals surface area contributed by atoms with Gasteiger partial charge in [0, 0.05) is 43.6 Å². The molecule has 166 valence electrons. The van der Waals surface area contributed by atoms with E-state index in [1.54, 1.807) is 18.3 Å². The molecule has 1 N–H and O–H groups in total. The van der Waals surface area contributed by atoms with Crippen molar-refractivity contribution < 1.29 is 14.3 Å². The van der Waals surface area contributed by atoms with Crippen LogP contribution in [-0.4, -0.2) is 63.5 Å². The lowest BCUT2D eigenvalue weighted by molar-refractivity contribution is -0.0619. The zero-order chi connectivity index (χ0) is 21.8. The molecule has 3 heterocycles. The van der Waals surface area contributed by atoms with Gasteiger partial charge in [-0.2, -0.15) is 0 Å². The Bertz CT molecular complexity index is 866. The van der Waals surface area contributed by atoms with Gasteiger partial charge < -0.3 is 5.11 Å². The summed E-state index contributed by atoms with van der Waals surface area (Å²) >= 11 is 0. The van der Waals surface area contributed by atoms with Crippen molar-refractivity contribution in [3.05, 3.63) is 65.7 Å². The molecule has 31 heavy (non-hydrogen) atoms. The van der Waals surface area contributed by atoms with E-state index < -0.39 is 5.60 Å². The van der Waals surface area contributed by atoms with Crippen LogP contribution in [0.1, 0.15) is 61.0 Å². The number of likely N-dealkylation sites (tertiary alicyclic amines) is 2. The normalized spacial score (nSPS) is 23.4. The van der Waals surface area contributed by atoms with Crippen molar-refractivity contribution in [3.63, 3.8) is 0 Å². The minimum Gasteiger partial charge on any atom is -0.388 e. The lowest BCUT2D eigenvalue weighted by Gasteiger charge is -2.45. The minimum absolute atomic E-state index is 0.00175. The molecule has 1 aromatic carbocycles. The summed E-state index contributed by atoms with van der Waals surface area (Å²) in [5.41, 5.74) is 1.01. The number of carbonyl (C=O) groups excluding carboxylic acids is 1. The highest BCUT2D eigenvalue weighted by Gasteiger charge is 2.38. The maximum Gasteiger partial charge on any atom is 0.179 e. The molecule has 0 bridgehead atoms. The van der Waals surface area contributed by atoms with Gasteiger partial charge in [0.15, 0.2) is 5.78 Å². The first-order valence-electron chi connectivity index (χ1n) is 11.4. The number of benzene rings is 1. The van der Waals surface area contributed by atoms with Crippen LogP contribution in [0.5, 0.6) is 0 Å². The second-order valence-corrected chi connectivity index (χ2v) is 9.08. The highest BCUT2D eigenvalue weighted by atomic mass is 19.1. The first kappa shape index (κ1) is 22.1. The number of pyridine rings is 1. The van der Waals surface area contributed by atoms with Crippen LogP contribution in [0.25, 0.3) is 0 Å². The van der Waals surface area contributed by atoms with E-state index in [-0.39, 0.29) is 17.6 Å². The lowest BCUT2D eigenvalue weighted by atomic mass is 9.87. The average Bonchev–Trinajstić information content (AvgIpc) is 2.80. The van der Waals surface area contributed by atoms with Crippen molar-refractivity contribution in [2.75, 3.05) is 26.2 Å². The number of nitrogens with zero attached hydrogens (tertiary/aromatic N) is 3. The molecule has 2 aliphatic heterocycles. The number of ketones is 1. The molecule has 5 nitrogen and oxygen atoms in total. The van der Waals surface area contributed by atoms with E-state index in [0.29, 0.717) is 44.1 Å². The van der Waals surface area contributed by atoms with Gasteiger partial charge in [0.1, 0.15) is 5.82 Å². The zero-order valence-electron chi connectivity index (χ0n) is 18.2. The van der Waals surface area contributed by atoms with Crippen molar-refractivity contribution in [1.29, 1.82) is 0 Å². The topological polar surface area (TPSA) is 56.7 Å². The number of Topliss-reactive ketones (excluding diaryl/α,β-unsaturated/α-hetero) is 1. The minimum atomic E-state index is -0.743. The molecule has 0 saturated carbocycles. The van der Waals surface area contributed by atoms with Gasteiger partial charge >= 0.3 is 0 Å².